The van der Waals surface area contributed by atoms with Crippen LogP contribution >= 0.6 is 0 Å². The third-order valence-electron chi connectivity index (χ3n) is 6.74. The minimum absolute atomic E-state index is 0.226. The summed E-state index contributed by atoms with van der Waals surface area (Å²) in [5.74, 6) is 2.85. The van der Waals surface area contributed by atoms with Gasteiger partial charge in [0, 0.05) is 24.2 Å². The highest BCUT2D eigenvalue weighted by atomic mass is 16.5. The third kappa shape index (κ3) is 8.73. The molecule has 7 nitrogen and oxygen atoms in total. The quantitative estimate of drug-likeness (QED) is 0.169. The number of unbranched alkanes of at least 4 members (excludes halogenated alkanes) is 3. The van der Waals surface area contributed by atoms with Crippen molar-refractivity contribution >= 4 is 10.9 Å². The van der Waals surface area contributed by atoms with Crippen LogP contribution in [0.3, 0.4) is 0 Å². The van der Waals surface area contributed by atoms with E-state index in [1.807, 2.05) is 43.3 Å². The van der Waals surface area contributed by atoms with Gasteiger partial charge in [0.2, 0.25) is 5.75 Å². The fourth-order valence-electron chi connectivity index (χ4n) is 4.25. The molecule has 0 unspecified atom stereocenters. The van der Waals surface area contributed by atoms with E-state index in [2.05, 4.69) is 31.1 Å². The molecular formula is C32H46N2O5. The van der Waals surface area contributed by atoms with Crippen LogP contribution in [0.15, 0.2) is 42.6 Å². The lowest BCUT2D eigenvalue weighted by atomic mass is 9.99. The van der Waals surface area contributed by atoms with Gasteiger partial charge in [0.1, 0.15) is 5.75 Å². The number of benzene rings is 2. The third-order valence-corrected chi connectivity index (χ3v) is 6.74. The Hall–Kier alpha value is -3.03. The number of ether oxygens (including phenoxy) is 4. The summed E-state index contributed by atoms with van der Waals surface area (Å²) in [6.07, 6.45) is 7.07. The zero-order chi connectivity index (χ0) is 28.0. The molecule has 0 radical (unpaired) electrons. The van der Waals surface area contributed by atoms with E-state index in [9.17, 15) is 5.11 Å². The topological polar surface area (TPSA) is 82.1 Å². The summed E-state index contributed by atoms with van der Waals surface area (Å²) < 4.78 is 24.0. The van der Waals surface area contributed by atoms with E-state index in [-0.39, 0.29) is 6.04 Å². The number of pyridine rings is 1. The van der Waals surface area contributed by atoms with Crippen LogP contribution in [0.25, 0.3) is 10.9 Å². The fraction of sp³-hybridized carbons (Fsp3) is 0.531. The van der Waals surface area contributed by atoms with Crippen molar-refractivity contribution in [1.82, 2.24) is 10.3 Å². The summed E-state index contributed by atoms with van der Waals surface area (Å²) in [6.45, 7) is 10.8. The summed E-state index contributed by atoms with van der Waals surface area (Å²) in [7, 11) is 1.64. The summed E-state index contributed by atoms with van der Waals surface area (Å²) >= 11 is 0. The Balaban J connectivity index is 1.82. The standard InChI is InChI=1S/C32H46N2O5/c1-6-9-16-37-29-19-24(20-30(38-17-10-7-2)32(29)39-18-11-8-3)22-34-23(4)31(35)26-14-15-33-28-13-12-25(36-5)21-27(26)28/h12-15,19-21,23,31,34-35H,6-11,16-18,22H2,1-5H3/t23-,31-/m0/s1. The molecule has 0 spiro atoms. The minimum Gasteiger partial charge on any atom is -0.497 e. The molecule has 0 aliphatic carbocycles. The van der Waals surface area contributed by atoms with Gasteiger partial charge in [-0.1, -0.05) is 40.0 Å². The van der Waals surface area contributed by atoms with Gasteiger partial charge in [0.05, 0.1) is 38.6 Å². The zero-order valence-electron chi connectivity index (χ0n) is 24.3. The normalized spacial score (nSPS) is 12.8. The van der Waals surface area contributed by atoms with Gasteiger partial charge < -0.3 is 29.4 Å². The van der Waals surface area contributed by atoms with Crippen LogP contribution in [-0.2, 0) is 6.54 Å². The van der Waals surface area contributed by atoms with Gasteiger partial charge in [0.15, 0.2) is 11.5 Å². The SMILES string of the molecule is CCCCOc1cc(CN[C@@H](C)[C@H](O)c2ccnc3ccc(OC)cc23)cc(OCCCC)c1OCCCC. The van der Waals surface area contributed by atoms with Crippen molar-refractivity contribution in [3.05, 3.63) is 53.7 Å². The molecule has 214 valence electrons. The lowest BCUT2D eigenvalue weighted by Gasteiger charge is -2.23. The van der Waals surface area contributed by atoms with E-state index in [1.54, 1.807) is 13.3 Å². The Morgan fingerprint density at radius 3 is 2.05 bits per heavy atom. The predicted octanol–water partition coefficient (Wildman–Crippen LogP) is 6.99. The van der Waals surface area contributed by atoms with Gasteiger partial charge in [-0.15, -0.1) is 0 Å². The first kappa shape index (κ1) is 30.5. The van der Waals surface area contributed by atoms with Crippen LogP contribution < -0.4 is 24.3 Å². The molecule has 0 saturated carbocycles. The van der Waals surface area contributed by atoms with Crippen LogP contribution in [0.5, 0.6) is 23.0 Å². The van der Waals surface area contributed by atoms with E-state index < -0.39 is 6.10 Å². The van der Waals surface area contributed by atoms with E-state index >= 15 is 0 Å². The molecule has 3 rings (SSSR count). The highest BCUT2D eigenvalue weighted by Crippen LogP contribution is 2.40. The number of hydrogen-bond acceptors (Lipinski definition) is 7. The summed E-state index contributed by atoms with van der Waals surface area (Å²) in [6, 6.07) is 11.4. The molecule has 39 heavy (non-hydrogen) atoms. The Morgan fingerprint density at radius 1 is 0.846 bits per heavy atom. The maximum atomic E-state index is 11.3. The van der Waals surface area contributed by atoms with Crippen molar-refractivity contribution in [2.24, 2.45) is 0 Å². The van der Waals surface area contributed by atoms with Gasteiger partial charge in [-0.3, -0.25) is 4.98 Å². The van der Waals surface area contributed by atoms with Crippen molar-refractivity contribution in [2.75, 3.05) is 26.9 Å². The minimum atomic E-state index is -0.736. The monoisotopic (exact) mass is 538 g/mol. The van der Waals surface area contributed by atoms with Gasteiger partial charge in [-0.2, -0.15) is 0 Å². The Morgan fingerprint density at radius 2 is 1.46 bits per heavy atom. The molecule has 0 aliphatic heterocycles. The maximum absolute atomic E-state index is 11.3. The molecule has 7 heteroatoms. The highest BCUT2D eigenvalue weighted by Gasteiger charge is 2.21. The number of nitrogens with zero attached hydrogens (tertiary/aromatic N) is 1. The number of aromatic nitrogens is 1. The molecule has 2 N–H and O–H groups in total. The lowest BCUT2D eigenvalue weighted by Crippen LogP contribution is -2.32. The zero-order valence-corrected chi connectivity index (χ0v) is 24.3. The van der Waals surface area contributed by atoms with Crippen LogP contribution in [0.2, 0.25) is 0 Å². The van der Waals surface area contributed by atoms with Crippen LogP contribution in [0, 0.1) is 0 Å². The summed E-state index contributed by atoms with van der Waals surface area (Å²) in [4.78, 5) is 4.44. The largest absolute Gasteiger partial charge is 0.497 e. The highest BCUT2D eigenvalue weighted by molar-refractivity contribution is 5.83. The van der Waals surface area contributed by atoms with Crippen molar-refractivity contribution in [3.63, 3.8) is 0 Å². The number of rotatable bonds is 18. The summed E-state index contributed by atoms with van der Waals surface area (Å²) in [5, 5.41) is 15.7. The molecule has 1 aromatic heterocycles. The number of aliphatic hydroxyl groups is 1. The number of fused-ring (bicyclic) bond motifs is 1. The Labute approximate surface area is 233 Å². The van der Waals surface area contributed by atoms with Crippen molar-refractivity contribution in [1.29, 1.82) is 0 Å². The van der Waals surface area contributed by atoms with E-state index in [0.29, 0.717) is 43.6 Å². The first-order chi connectivity index (χ1) is 19.0. The van der Waals surface area contributed by atoms with Crippen LogP contribution in [0.4, 0.5) is 0 Å². The molecule has 0 fully saturated rings. The van der Waals surface area contributed by atoms with Crippen molar-refractivity contribution in [3.8, 4) is 23.0 Å². The van der Waals surface area contributed by atoms with Crippen LogP contribution in [-0.4, -0.2) is 43.1 Å². The lowest BCUT2D eigenvalue weighted by molar-refractivity contribution is 0.136. The number of methoxy groups -OCH3 is 1. The average molecular weight is 539 g/mol. The number of nitrogens with one attached hydrogen (secondary N) is 1. The molecule has 0 saturated heterocycles. The molecule has 3 aromatic rings. The molecule has 2 aromatic carbocycles. The molecular weight excluding hydrogens is 492 g/mol. The van der Waals surface area contributed by atoms with Gasteiger partial charge in [-0.25, -0.2) is 0 Å². The van der Waals surface area contributed by atoms with E-state index in [4.69, 9.17) is 18.9 Å². The van der Waals surface area contributed by atoms with Gasteiger partial charge >= 0.3 is 0 Å². The Bertz CT molecular complexity index is 1120. The molecule has 0 bridgehead atoms. The van der Waals surface area contributed by atoms with Crippen molar-refractivity contribution in [2.45, 2.75) is 84.9 Å². The Kier molecular flexibility index (Phi) is 12.6. The number of hydrogen-bond donors (Lipinski definition) is 2. The molecule has 0 amide bonds. The van der Waals surface area contributed by atoms with E-state index in [1.165, 1.54) is 0 Å². The fourth-order valence-corrected chi connectivity index (χ4v) is 4.25. The smallest absolute Gasteiger partial charge is 0.203 e. The predicted molar refractivity (Wildman–Crippen MR) is 157 cm³/mol. The molecule has 0 aliphatic rings. The van der Waals surface area contributed by atoms with Gasteiger partial charge in [-0.05, 0) is 73.7 Å². The van der Waals surface area contributed by atoms with E-state index in [0.717, 1.165) is 66.3 Å². The second-order valence-corrected chi connectivity index (χ2v) is 9.92. The molecule has 2 atom stereocenters. The molecule has 1 heterocycles. The number of aliphatic hydroxyl groups excluding tert-OH is 1. The van der Waals surface area contributed by atoms with Gasteiger partial charge in [0.25, 0.3) is 0 Å². The van der Waals surface area contributed by atoms with Crippen LogP contribution in [0.1, 0.15) is 83.5 Å². The average Bonchev–Trinajstić information content (AvgIpc) is 2.96. The first-order valence-corrected chi connectivity index (χ1v) is 14.4. The second-order valence-electron chi connectivity index (χ2n) is 9.92. The second kappa shape index (κ2) is 16.2. The summed E-state index contributed by atoms with van der Waals surface area (Å²) in [5.41, 5.74) is 2.64. The first-order valence-electron chi connectivity index (χ1n) is 14.4. The van der Waals surface area contributed by atoms with Crippen molar-refractivity contribution < 1.29 is 24.1 Å². The maximum Gasteiger partial charge on any atom is 0.203 e.